The number of benzene rings is 1. The number of nitrogens with zero attached hydrogens (tertiary/aromatic N) is 2. The van der Waals surface area contributed by atoms with E-state index in [1.165, 1.54) is 35.0 Å². The minimum Gasteiger partial charge on any atom is -0.406 e. The van der Waals surface area contributed by atoms with Crippen LogP contribution in [0.15, 0.2) is 52.3 Å². The van der Waals surface area contributed by atoms with Gasteiger partial charge in [0.2, 0.25) is 0 Å². The number of pyridine rings is 1. The van der Waals surface area contributed by atoms with Crippen molar-refractivity contribution in [2.45, 2.75) is 12.4 Å². The van der Waals surface area contributed by atoms with Crippen LogP contribution < -0.4 is 15.6 Å². The molecule has 1 N–H and O–H groups in total. The summed E-state index contributed by atoms with van der Waals surface area (Å²) >= 11 is 0. The second-order valence-electron chi connectivity index (χ2n) is 4.88. The zero-order valence-corrected chi connectivity index (χ0v) is 11.9. The second kappa shape index (κ2) is 5.84. The fourth-order valence-corrected chi connectivity index (χ4v) is 2.23. The molecule has 124 valence electrons. The van der Waals surface area contributed by atoms with Gasteiger partial charge in [-0.2, -0.15) is 0 Å². The van der Waals surface area contributed by atoms with Crippen LogP contribution in [0.4, 0.5) is 24.7 Å². The van der Waals surface area contributed by atoms with Gasteiger partial charge in [-0.05, 0) is 30.3 Å². The highest BCUT2D eigenvalue weighted by Gasteiger charge is 2.31. The highest BCUT2D eigenvalue weighted by molar-refractivity contribution is 6.05. The number of carbonyl (C=O) groups is 1. The van der Waals surface area contributed by atoms with E-state index < -0.39 is 24.1 Å². The Morgan fingerprint density at radius 3 is 2.54 bits per heavy atom. The lowest BCUT2D eigenvalue weighted by atomic mass is 10.2. The number of amides is 1. The molecule has 0 spiro atoms. The number of carbonyl (C=O) groups excluding carboxylic acids is 1. The summed E-state index contributed by atoms with van der Waals surface area (Å²) < 4.78 is 41.3. The first-order valence-electron chi connectivity index (χ1n) is 6.76. The molecule has 1 amide bonds. The Bertz CT molecular complexity index is 857. The first kappa shape index (κ1) is 15.8. The Labute approximate surface area is 133 Å². The maximum absolute atomic E-state index is 12.3. The van der Waals surface area contributed by atoms with E-state index in [9.17, 15) is 22.8 Å². The van der Waals surface area contributed by atoms with Crippen molar-refractivity contribution in [3.63, 3.8) is 0 Å². The molecule has 0 aliphatic carbocycles. The number of halogens is 3. The molecular formula is C15H10F3N3O3. The Balaban J connectivity index is 1.73. The van der Waals surface area contributed by atoms with Gasteiger partial charge >= 0.3 is 6.36 Å². The number of anilines is 1. The van der Waals surface area contributed by atoms with Crippen LogP contribution in [-0.2, 0) is 4.79 Å². The molecule has 1 aromatic carbocycles. The number of alkyl halides is 3. The Morgan fingerprint density at radius 2 is 1.88 bits per heavy atom. The first-order chi connectivity index (χ1) is 11.3. The van der Waals surface area contributed by atoms with Crippen LogP contribution in [-0.4, -0.2) is 23.1 Å². The van der Waals surface area contributed by atoms with Crippen molar-refractivity contribution in [3.05, 3.63) is 52.8 Å². The van der Waals surface area contributed by atoms with Gasteiger partial charge in [0.15, 0.2) is 6.04 Å². The van der Waals surface area contributed by atoms with Crippen LogP contribution in [0.2, 0.25) is 0 Å². The van der Waals surface area contributed by atoms with Crippen LogP contribution >= 0.6 is 0 Å². The monoisotopic (exact) mass is 337 g/mol. The van der Waals surface area contributed by atoms with E-state index in [-0.39, 0.29) is 11.2 Å². The molecule has 3 rings (SSSR count). The lowest BCUT2D eigenvalue weighted by Gasteiger charge is -2.13. The fraction of sp³-hybridized carbons (Fsp3) is 0.133. The summed E-state index contributed by atoms with van der Waals surface area (Å²) in [6.07, 6.45) is -3.46. The SMILES string of the molecule is O=C(Nc1ccc(OC(F)(F)F)cc1)C1C=Nc2cccc(=O)n21. The molecule has 1 unspecified atom stereocenters. The molecule has 0 bridgehead atoms. The average Bonchev–Trinajstić information content (AvgIpc) is 2.93. The quantitative estimate of drug-likeness (QED) is 0.936. The summed E-state index contributed by atoms with van der Waals surface area (Å²) in [7, 11) is 0. The summed E-state index contributed by atoms with van der Waals surface area (Å²) in [6, 6.07) is 8.19. The summed E-state index contributed by atoms with van der Waals surface area (Å²) in [5.41, 5.74) is -0.112. The van der Waals surface area contributed by atoms with Gasteiger partial charge in [0, 0.05) is 18.0 Å². The second-order valence-corrected chi connectivity index (χ2v) is 4.88. The van der Waals surface area contributed by atoms with E-state index in [4.69, 9.17) is 0 Å². The molecule has 24 heavy (non-hydrogen) atoms. The van der Waals surface area contributed by atoms with Crippen LogP contribution in [0.5, 0.6) is 5.75 Å². The molecule has 6 nitrogen and oxygen atoms in total. The van der Waals surface area contributed by atoms with Crippen LogP contribution in [0.3, 0.4) is 0 Å². The largest absolute Gasteiger partial charge is 0.573 e. The lowest BCUT2D eigenvalue weighted by molar-refractivity contribution is -0.274. The van der Waals surface area contributed by atoms with Crippen LogP contribution in [0, 0.1) is 0 Å². The molecule has 1 aromatic heterocycles. The summed E-state index contributed by atoms with van der Waals surface area (Å²) in [5.74, 6) is -0.573. The third-order valence-electron chi connectivity index (χ3n) is 3.22. The molecule has 0 radical (unpaired) electrons. The van der Waals surface area contributed by atoms with Crippen molar-refractivity contribution in [2.75, 3.05) is 5.32 Å². The highest BCUT2D eigenvalue weighted by Crippen LogP contribution is 2.25. The number of fused-ring (bicyclic) bond motifs is 1. The Morgan fingerprint density at radius 1 is 1.17 bits per heavy atom. The van der Waals surface area contributed by atoms with Gasteiger partial charge in [0.05, 0.1) is 0 Å². The number of ether oxygens (including phenoxy) is 1. The number of aromatic nitrogens is 1. The predicted molar refractivity (Wildman–Crippen MR) is 79.6 cm³/mol. The maximum atomic E-state index is 12.3. The smallest absolute Gasteiger partial charge is 0.406 e. The first-order valence-corrected chi connectivity index (χ1v) is 6.76. The molecule has 0 fully saturated rings. The summed E-state index contributed by atoms with van der Waals surface area (Å²) in [5, 5.41) is 2.52. The minimum absolute atomic E-state index is 0.264. The van der Waals surface area contributed by atoms with Gasteiger partial charge in [0.25, 0.3) is 11.5 Å². The number of nitrogens with one attached hydrogen (secondary N) is 1. The zero-order valence-electron chi connectivity index (χ0n) is 11.9. The lowest BCUT2D eigenvalue weighted by Crippen LogP contribution is -2.31. The average molecular weight is 337 g/mol. The molecule has 9 heteroatoms. The Kier molecular flexibility index (Phi) is 3.84. The standard InChI is InChI=1S/C15H10F3N3O3/c16-15(17,18)24-10-6-4-9(5-7-10)20-14(23)11-8-19-12-2-1-3-13(22)21(11)12/h1-8,11H,(H,20,23). The van der Waals surface area contributed by atoms with Crippen molar-refractivity contribution >= 4 is 23.6 Å². The van der Waals surface area contributed by atoms with Crippen molar-refractivity contribution in [1.29, 1.82) is 0 Å². The van der Waals surface area contributed by atoms with Gasteiger partial charge in [-0.1, -0.05) is 6.07 Å². The minimum atomic E-state index is -4.78. The Hall–Kier alpha value is -3.10. The van der Waals surface area contributed by atoms with Crippen molar-refractivity contribution < 1.29 is 22.7 Å². The molecule has 2 heterocycles. The molecule has 0 saturated carbocycles. The van der Waals surface area contributed by atoms with Crippen LogP contribution in [0.1, 0.15) is 6.04 Å². The van der Waals surface area contributed by atoms with E-state index in [1.54, 1.807) is 6.07 Å². The third kappa shape index (κ3) is 3.29. The number of hydrogen-bond donors (Lipinski definition) is 1. The van der Waals surface area contributed by atoms with E-state index >= 15 is 0 Å². The van der Waals surface area contributed by atoms with E-state index in [2.05, 4.69) is 15.0 Å². The maximum Gasteiger partial charge on any atom is 0.573 e. The zero-order chi connectivity index (χ0) is 17.3. The number of aliphatic imine (C=N–C) groups is 1. The van der Waals surface area contributed by atoms with Gasteiger partial charge < -0.3 is 10.1 Å². The summed E-state index contributed by atoms with van der Waals surface area (Å²) in [4.78, 5) is 28.1. The predicted octanol–water partition coefficient (Wildman–Crippen LogP) is 2.64. The highest BCUT2D eigenvalue weighted by atomic mass is 19.4. The van der Waals surface area contributed by atoms with Gasteiger partial charge in [0.1, 0.15) is 11.6 Å². The van der Waals surface area contributed by atoms with Gasteiger partial charge in [-0.15, -0.1) is 13.2 Å². The molecular weight excluding hydrogens is 327 g/mol. The van der Waals surface area contributed by atoms with E-state index in [0.717, 1.165) is 12.1 Å². The normalized spacial score (nSPS) is 15.9. The van der Waals surface area contributed by atoms with Crippen molar-refractivity contribution in [1.82, 2.24) is 4.57 Å². The number of rotatable bonds is 3. The summed E-state index contributed by atoms with van der Waals surface area (Å²) in [6.45, 7) is 0. The molecule has 1 atom stereocenters. The van der Waals surface area contributed by atoms with Crippen LogP contribution in [0.25, 0.3) is 0 Å². The molecule has 1 aliphatic rings. The molecule has 0 saturated heterocycles. The third-order valence-corrected chi connectivity index (χ3v) is 3.22. The number of hydrogen-bond acceptors (Lipinski definition) is 4. The topological polar surface area (TPSA) is 72.7 Å². The van der Waals surface area contributed by atoms with Gasteiger partial charge in [-0.25, -0.2) is 4.99 Å². The fourth-order valence-electron chi connectivity index (χ4n) is 2.23. The van der Waals surface area contributed by atoms with Crippen molar-refractivity contribution in [2.24, 2.45) is 4.99 Å². The van der Waals surface area contributed by atoms with E-state index in [0.29, 0.717) is 5.82 Å². The van der Waals surface area contributed by atoms with E-state index in [1.807, 2.05) is 0 Å². The van der Waals surface area contributed by atoms with Gasteiger partial charge in [-0.3, -0.25) is 14.2 Å². The molecule has 2 aromatic rings. The molecule has 1 aliphatic heterocycles. The van der Waals surface area contributed by atoms with Crippen molar-refractivity contribution in [3.8, 4) is 5.75 Å².